The van der Waals surface area contributed by atoms with Gasteiger partial charge in [-0.3, -0.25) is 14.9 Å². The number of nitrogens with one attached hydrogen (secondary N) is 1. The fourth-order valence-corrected chi connectivity index (χ4v) is 4.74. The zero-order valence-corrected chi connectivity index (χ0v) is 19.5. The predicted molar refractivity (Wildman–Crippen MR) is 125 cm³/mol. The van der Waals surface area contributed by atoms with Crippen molar-refractivity contribution in [2.45, 2.75) is 17.2 Å². The molecule has 0 spiro atoms. The summed E-state index contributed by atoms with van der Waals surface area (Å²) in [6.07, 6.45) is 2.30. The van der Waals surface area contributed by atoms with Gasteiger partial charge in [-0.1, -0.05) is 11.3 Å². The minimum atomic E-state index is -0.320. The summed E-state index contributed by atoms with van der Waals surface area (Å²) >= 11 is 2.85. The standard InChI is InChI=1S/C22H22N4O4S2/c1-29-15-6-4-14(5-7-15)26-12-13(10-19(26)27)21-24-25-22(32-21)23-20(28)17-9-8-16(31-3)11-18(17)30-2/h4-9,11,13H,10,12H2,1-3H3,(H,23,25,28). The summed E-state index contributed by atoms with van der Waals surface area (Å²) in [5.41, 5.74) is 1.24. The van der Waals surface area contributed by atoms with Crippen LogP contribution in [0.4, 0.5) is 10.8 Å². The normalized spacial score (nSPS) is 15.7. The van der Waals surface area contributed by atoms with Gasteiger partial charge in [-0.25, -0.2) is 0 Å². The summed E-state index contributed by atoms with van der Waals surface area (Å²) in [5.74, 6) is 0.860. The number of amides is 2. The molecule has 1 aromatic heterocycles. The average molecular weight is 471 g/mol. The molecule has 8 nitrogen and oxygen atoms in total. The molecule has 2 amide bonds. The summed E-state index contributed by atoms with van der Waals surface area (Å²) in [7, 11) is 3.14. The molecule has 1 fully saturated rings. The van der Waals surface area contributed by atoms with Crippen molar-refractivity contribution in [3.05, 3.63) is 53.0 Å². The molecule has 1 aliphatic rings. The van der Waals surface area contributed by atoms with E-state index in [2.05, 4.69) is 15.5 Å². The second-order valence-corrected chi connectivity index (χ2v) is 8.96. The fourth-order valence-electron chi connectivity index (χ4n) is 3.49. The maximum Gasteiger partial charge on any atom is 0.261 e. The number of carbonyl (C=O) groups excluding carboxylic acids is 2. The van der Waals surface area contributed by atoms with Gasteiger partial charge in [-0.2, -0.15) is 0 Å². The molecular formula is C22H22N4O4S2. The molecule has 0 saturated carbocycles. The fraction of sp³-hybridized carbons (Fsp3) is 0.273. The number of thioether (sulfide) groups is 1. The Labute approximate surface area is 193 Å². The first-order chi connectivity index (χ1) is 15.5. The number of hydrogen-bond acceptors (Lipinski definition) is 8. The first kappa shape index (κ1) is 22.1. The van der Waals surface area contributed by atoms with Crippen molar-refractivity contribution in [1.29, 1.82) is 0 Å². The van der Waals surface area contributed by atoms with E-state index in [0.29, 0.717) is 34.4 Å². The third-order valence-electron chi connectivity index (χ3n) is 5.17. The number of methoxy groups -OCH3 is 2. The van der Waals surface area contributed by atoms with Gasteiger partial charge in [0, 0.05) is 29.5 Å². The number of anilines is 2. The molecular weight excluding hydrogens is 448 g/mol. The van der Waals surface area contributed by atoms with Gasteiger partial charge < -0.3 is 14.4 Å². The summed E-state index contributed by atoms with van der Waals surface area (Å²) < 4.78 is 10.5. The molecule has 2 aromatic carbocycles. The maximum atomic E-state index is 12.7. The van der Waals surface area contributed by atoms with E-state index in [0.717, 1.165) is 16.3 Å². The van der Waals surface area contributed by atoms with Gasteiger partial charge in [0.2, 0.25) is 11.0 Å². The maximum absolute atomic E-state index is 12.7. The third-order valence-corrected chi connectivity index (χ3v) is 6.90. The van der Waals surface area contributed by atoms with E-state index in [9.17, 15) is 9.59 Å². The lowest BCUT2D eigenvalue weighted by Gasteiger charge is -2.16. The molecule has 4 rings (SSSR count). The van der Waals surface area contributed by atoms with E-state index < -0.39 is 0 Å². The number of carbonyl (C=O) groups is 2. The number of nitrogens with zero attached hydrogens (tertiary/aromatic N) is 3. The summed E-state index contributed by atoms with van der Waals surface area (Å²) in [4.78, 5) is 28.0. The SMILES string of the molecule is COc1ccc(N2CC(c3nnc(NC(=O)c4ccc(SC)cc4OC)s3)CC2=O)cc1. The number of benzene rings is 2. The Bertz CT molecular complexity index is 1130. The highest BCUT2D eigenvalue weighted by molar-refractivity contribution is 7.98. The van der Waals surface area contributed by atoms with Crippen LogP contribution in [0.1, 0.15) is 27.7 Å². The number of rotatable bonds is 7. The molecule has 0 radical (unpaired) electrons. The van der Waals surface area contributed by atoms with Crippen molar-refractivity contribution in [3.63, 3.8) is 0 Å². The molecule has 2 heterocycles. The van der Waals surface area contributed by atoms with Crippen molar-refractivity contribution in [2.75, 3.05) is 37.2 Å². The summed E-state index contributed by atoms with van der Waals surface area (Å²) in [6, 6.07) is 12.8. The van der Waals surface area contributed by atoms with Crippen molar-refractivity contribution in [1.82, 2.24) is 10.2 Å². The second kappa shape index (κ2) is 9.58. The van der Waals surface area contributed by atoms with Crippen LogP contribution >= 0.6 is 23.1 Å². The van der Waals surface area contributed by atoms with Gasteiger partial charge in [0.15, 0.2) is 0 Å². The highest BCUT2D eigenvalue weighted by atomic mass is 32.2. The van der Waals surface area contributed by atoms with Gasteiger partial charge in [0.25, 0.3) is 5.91 Å². The average Bonchev–Trinajstić information content (AvgIpc) is 3.45. The van der Waals surface area contributed by atoms with Gasteiger partial charge in [-0.05, 0) is 48.7 Å². The zero-order chi connectivity index (χ0) is 22.7. The Morgan fingerprint density at radius 3 is 2.62 bits per heavy atom. The van der Waals surface area contributed by atoms with Crippen LogP contribution in [-0.2, 0) is 4.79 Å². The molecule has 10 heteroatoms. The first-order valence-corrected chi connectivity index (χ1v) is 11.9. The van der Waals surface area contributed by atoms with Gasteiger partial charge in [-0.15, -0.1) is 22.0 Å². The van der Waals surface area contributed by atoms with E-state index >= 15 is 0 Å². The number of ether oxygens (including phenoxy) is 2. The summed E-state index contributed by atoms with van der Waals surface area (Å²) in [5, 5.41) is 12.2. The highest BCUT2D eigenvalue weighted by Gasteiger charge is 2.34. The van der Waals surface area contributed by atoms with Gasteiger partial charge in [0.1, 0.15) is 16.5 Å². The van der Waals surface area contributed by atoms with E-state index in [1.54, 1.807) is 29.8 Å². The molecule has 1 N–H and O–H groups in total. The van der Waals surface area contributed by atoms with Gasteiger partial charge in [0.05, 0.1) is 19.8 Å². The van der Waals surface area contributed by atoms with Crippen LogP contribution in [0.3, 0.4) is 0 Å². The van der Waals surface area contributed by atoms with Crippen LogP contribution in [0.2, 0.25) is 0 Å². The van der Waals surface area contributed by atoms with E-state index in [-0.39, 0.29) is 17.7 Å². The summed E-state index contributed by atoms with van der Waals surface area (Å²) in [6.45, 7) is 0.512. The van der Waals surface area contributed by atoms with E-state index in [1.807, 2.05) is 42.7 Å². The van der Waals surface area contributed by atoms with Crippen LogP contribution in [0.5, 0.6) is 11.5 Å². The van der Waals surface area contributed by atoms with Crippen LogP contribution in [-0.4, -0.2) is 49.0 Å². The lowest BCUT2D eigenvalue weighted by atomic mass is 10.1. The molecule has 166 valence electrons. The zero-order valence-electron chi connectivity index (χ0n) is 17.8. The Balaban J connectivity index is 1.45. The molecule has 3 aromatic rings. The minimum Gasteiger partial charge on any atom is -0.497 e. The molecule has 1 unspecified atom stereocenters. The molecule has 1 atom stereocenters. The molecule has 1 saturated heterocycles. The van der Waals surface area contributed by atoms with Crippen molar-refractivity contribution in [3.8, 4) is 11.5 Å². The van der Waals surface area contributed by atoms with Crippen LogP contribution in [0.15, 0.2) is 47.4 Å². The van der Waals surface area contributed by atoms with Crippen molar-refractivity contribution >= 4 is 45.7 Å². The monoisotopic (exact) mass is 470 g/mol. The smallest absolute Gasteiger partial charge is 0.261 e. The van der Waals surface area contributed by atoms with Crippen molar-refractivity contribution < 1.29 is 19.1 Å². The quantitative estimate of drug-likeness (QED) is 0.521. The Kier molecular flexibility index (Phi) is 6.61. The number of hydrogen-bond donors (Lipinski definition) is 1. The highest BCUT2D eigenvalue weighted by Crippen LogP contribution is 2.35. The lowest BCUT2D eigenvalue weighted by molar-refractivity contribution is -0.117. The largest absolute Gasteiger partial charge is 0.497 e. The topological polar surface area (TPSA) is 93.7 Å². The van der Waals surface area contributed by atoms with E-state index in [4.69, 9.17) is 9.47 Å². The molecule has 0 aliphatic carbocycles. The lowest BCUT2D eigenvalue weighted by Crippen LogP contribution is -2.24. The van der Waals surface area contributed by atoms with Crippen LogP contribution in [0.25, 0.3) is 0 Å². The molecule has 1 aliphatic heterocycles. The van der Waals surface area contributed by atoms with Gasteiger partial charge >= 0.3 is 0 Å². The third kappa shape index (κ3) is 4.56. The first-order valence-electron chi connectivity index (χ1n) is 9.83. The number of aromatic nitrogens is 2. The predicted octanol–water partition coefficient (Wildman–Crippen LogP) is 4.05. The minimum absolute atomic E-state index is 0.0274. The Hall–Kier alpha value is -3.11. The Morgan fingerprint density at radius 2 is 1.94 bits per heavy atom. The molecule has 32 heavy (non-hydrogen) atoms. The van der Waals surface area contributed by atoms with E-state index in [1.165, 1.54) is 18.4 Å². The Morgan fingerprint density at radius 1 is 1.16 bits per heavy atom. The van der Waals surface area contributed by atoms with Crippen LogP contribution < -0.4 is 19.7 Å². The van der Waals surface area contributed by atoms with Crippen molar-refractivity contribution in [2.24, 2.45) is 0 Å². The second-order valence-electron chi connectivity index (χ2n) is 7.07. The van der Waals surface area contributed by atoms with Crippen LogP contribution in [0, 0.1) is 0 Å². The molecule has 0 bridgehead atoms.